The maximum Gasteiger partial charge on any atom is 0.250 e. The Labute approximate surface area is 157 Å². The number of carbonyl (C=O) groups excluding carboxylic acids is 1. The molecule has 1 fully saturated rings. The Hall–Kier alpha value is -2.73. The van der Waals surface area contributed by atoms with E-state index in [-0.39, 0.29) is 5.82 Å². The molecule has 1 heterocycles. The quantitative estimate of drug-likeness (QED) is 0.640. The highest BCUT2D eigenvalue weighted by molar-refractivity contribution is 6.04. The van der Waals surface area contributed by atoms with E-state index in [2.05, 4.69) is 15.3 Å². The monoisotopic (exact) mass is 366 g/mol. The molecule has 1 saturated carbocycles. The molecule has 1 amide bonds. The van der Waals surface area contributed by atoms with Crippen LogP contribution in [0.5, 0.6) is 0 Å². The summed E-state index contributed by atoms with van der Waals surface area (Å²) in [6.45, 7) is 0.661. The van der Waals surface area contributed by atoms with Crippen molar-refractivity contribution >= 4 is 16.9 Å². The van der Waals surface area contributed by atoms with Gasteiger partial charge < -0.3 is 16.0 Å². The number of halogens is 1. The van der Waals surface area contributed by atoms with Gasteiger partial charge >= 0.3 is 0 Å². The molecule has 0 atom stereocenters. The number of nitrogens with two attached hydrogens (primary N) is 1. The topological polar surface area (TPSA) is 83.8 Å². The van der Waals surface area contributed by atoms with E-state index in [1.54, 1.807) is 30.3 Å². The van der Waals surface area contributed by atoms with E-state index in [4.69, 9.17) is 5.73 Å². The SMILES string of the molecule is NC(=O)c1cccc2[nH]c(-c3ccc(CNC4CCCCC4)cc3F)nc12. The molecular formula is C21H23FN4O. The number of hydrogen-bond donors (Lipinski definition) is 3. The molecule has 1 aromatic heterocycles. The third kappa shape index (κ3) is 3.71. The first-order chi connectivity index (χ1) is 13.1. The summed E-state index contributed by atoms with van der Waals surface area (Å²) in [4.78, 5) is 19.0. The van der Waals surface area contributed by atoms with Crippen LogP contribution in [0.4, 0.5) is 4.39 Å². The summed E-state index contributed by atoms with van der Waals surface area (Å²) in [5.74, 6) is -0.496. The average molecular weight is 366 g/mol. The van der Waals surface area contributed by atoms with Gasteiger partial charge in [0.25, 0.3) is 5.91 Å². The van der Waals surface area contributed by atoms with E-state index < -0.39 is 5.91 Å². The molecule has 5 nitrogen and oxygen atoms in total. The van der Waals surface area contributed by atoms with Crippen molar-refractivity contribution in [1.82, 2.24) is 15.3 Å². The highest BCUT2D eigenvalue weighted by Crippen LogP contribution is 2.26. The minimum Gasteiger partial charge on any atom is -0.366 e. The molecule has 0 spiro atoms. The molecule has 4 N–H and O–H groups in total. The number of hydrogen-bond acceptors (Lipinski definition) is 3. The first-order valence-corrected chi connectivity index (χ1v) is 9.42. The lowest BCUT2D eigenvalue weighted by Gasteiger charge is -2.22. The summed E-state index contributed by atoms with van der Waals surface area (Å²) in [5.41, 5.74) is 8.13. The van der Waals surface area contributed by atoms with Crippen LogP contribution in [-0.2, 0) is 6.54 Å². The Morgan fingerprint density at radius 1 is 1.22 bits per heavy atom. The van der Waals surface area contributed by atoms with E-state index in [0.29, 0.717) is 40.6 Å². The van der Waals surface area contributed by atoms with Crippen LogP contribution in [0, 0.1) is 5.82 Å². The highest BCUT2D eigenvalue weighted by atomic mass is 19.1. The van der Waals surface area contributed by atoms with Crippen LogP contribution in [-0.4, -0.2) is 21.9 Å². The van der Waals surface area contributed by atoms with Crippen molar-refractivity contribution < 1.29 is 9.18 Å². The Morgan fingerprint density at radius 2 is 2.04 bits per heavy atom. The Morgan fingerprint density at radius 3 is 2.78 bits per heavy atom. The predicted octanol–water partition coefficient (Wildman–Crippen LogP) is 3.89. The number of H-pyrrole nitrogens is 1. The van der Waals surface area contributed by atoms with Gasteiger partial charge in [-0.1, -0.05) is 31.4 Å². The van der Waals surface area contributed by atoms with E-state index in [0.717, 1.165) is 5.56 Å². The largest absolute Gasteiger partial charge is 0.366 e. The Bertz CT molecular complexity index is 975. The first kappa shape index (κ1) is 17.7. The number of benzene rings is 2. The molecule has 0 radical (unpaired) electrons. The molecule has 6 heteroatoms. The van der Waals surface area contributed by atoms with Gasteiger partial charge in [0.2, 0.25) is 0 Å². The molecule has 2 aromatic carbocycles. The molecule has 0 unspecified atom stereocenters. The fourth-order valence-electron chi connectivity index (χ4n) is 3.79. The van der Waals surface area contributed by atoms with E-state index in [1.165, 1.54) is 32.1 Å². The number of fused-ring (bicyclic) bond motifs is 1. The van der Waals surface area contributed by atoms with Crippen molar-refractivity contribution in [2.24, 2.45) is 5.73 Å². The van der Waals surface area contributed by atoms with Gasteiger partial charge in [0.05, 0.1) is 16.6 Å². The second-order valence-electron chi connectivity index (χ2n) is 7.18. The fraction of sp³-hybridized carbons (Fsp3) is 0.333. The molecule has 1 aliphatic carbocycles. The third-order valence-corrected chi connectivity index (χ3v) is 5.27. The zero-order chi connectivity index (χ0) is 18.8. The molecule has 0 saturated heterocycles. The van der Waals surface area contributed by atoms with Crippen LogP contribution < -0.4 is 11.1 Å². The number of amides is 1. The van der Waals surface area contributed by atoms with E-state index >= 15 is 0 Å². The maximum absolute atomic E-state index is 14.7. The second kappa shape index (κ2) is 7.48. The Kier molecular flexibility index (Phi) is 4.90. The number of nitrogens with zero attached hydrogens (tertiary/aromatic N) is 1. The van der Waals surface area contributed by atoms with Gasteiger partial charge in [0.15, 0.2) is 0 Å². The summed E-state index contributed by atoms with van der Waals surface area (Å²) in [6.07, 6.45) is 6.24. The summed E-state index contributed by atoms with van der Waals surface area (Å²) < 4.78 is 14.7. The highest BCUT2D eigenvalue weighted by Gasteiger charge is 2.16. The van der Waals surface area contributed by atoms with Gasteiger partial charge in [-0.2, -0.15) is 0 Å². The minimum absolute atomic E-state index is 0.323. The number of rotatable bonds is 5. The van der Waals surface area contributed by atoms with Crippen molar-refractivity contribution in [2.75, 3.05) is 0 Å². The van der Waals surface area contributed by atoms with E-state index in [1.807, 2.05) is 6.07 Å². The average Bonchev–Trinajstić information content (AvgIpc) is 3.11. The summed E-state index contributed by atoms with van der Waals surface area (Å²) in [5, 5.41) is 3.52. The normalized spacial score (nSPS) is 15.3. The molecule has 4 rings (SSSR count). The van der Waals surface area contributed by atoms with Crippen molar-refractivity contribution in [3.63, 3.8) is 0 Å². The molecular weight excluding hydrogens is 343 g/mol. The summed E-state index contributed by atoms with van der Waals surface area (Å²) in [7, 11) is 0. The van der Waals surface area contributed by atoms with Crippen molar-refractivity contribution in [1.29, 1.82) is 0 Å². The van der Waals surface area contributed by atoms with Crippen LogP contribution >= 0.6 is 0 Å². The number of aromatic amines is 1. The number of aromatic nitrogens is 2. The molecule has 140 valence electrons. The third-order valence-electron chi connectivity index (χ3n) is 5.27. The van der Waals surface area contributed by atoms with Crippen LogP contribution in [0.1, 0.15) is 48.0 Å². The molecule has 27 heavy (non-hydrogen) atoms. The van der Waals surface area contributed by atoms with Crippen LogP contribution in [0.3, 0.4) is 0 Å². The standard InChI is InChI=1S/C21H23FN4O/c22-17-11-13(12-24-14-5-2-1-3-6-14)9-10-15(17)21-25-18-8-4-7-16(20(23)27)19(18)26-21/h4,7-11,14,24H,1-3,5-6,12H2,(H2,23,27)(H,25,26). The molecule has 0 bridgehead atoms. The Balaban J connectivity index is 1.56. The lowest BCUT2D eigenvalue weighted by molar-refractivity contribution is 0.100. The molecule has 1 aliphatic rings. The number of carbonyl (C=O) groups is 1. The van der Waals surface area contributed by atoms with Gasteiger partial charge in [-0.05, 0) is 42.7 Å². The van der Waals surface area contributed by atoms with Crippen molar-refractivity contribution in [3.05, 3.63) is 53.3 Å². The predicted molar refractivity (Wildman–Crippen MR) is 104 cm³/mol. The van der Waals surface area contributed by atoms with Gasteiger partial charge in [-0.15, -0.1) is 0 Å². The summed E-state index contributed by atoms with van der Waals surface area (Å²) >= 11 is 0. The smallest absolute Gasteiger partial charge is 0.250 e. The number of imidazole rings is 1. The van der Waals surface area contributed by atoms with Crippen LogP contribution in [0.15, 0.2) is 36.4 Å². The van der Waals surface area contributed by atoms with Crippen molar-refractivity contribution in [2.45, 2.75) is 44.7 Å². The zero-order valence-electron chi connectivity index (χ0n) is 15.1. The van der Waals surface area contributed by atoms with E-state index in [9.17, 15) is 9.18 Å². The van der Waals surface area contributed by atoms with Gasteiger partial charge in [-0.3, -0.25) is 4.79 Å². The number of primary amides is 1. The maximum atomic E-state index is 14.7. The number of nitrogens with one attached hydrogen (secondary N) is 2. The van der Waals surface area contributed by atoms with Crippen molar-refractivity contribution in [3.8, 4) is 11.4 Å². The van der Waals surface area contributed by atoms with Gasteiger partial charge in [-0.25, -0.2) is 9.37 Å². The second-order valence-corrected chi connectivity index (χ2v) is 7.18. The summed E-state index contributed by atoms with van der Waals surface area (Å²) in [6, 6.07) is 10.9. The zero-order valence-corrected chi connectivity index (χ0v) is 15.1. The number of para-hydroxylation sites is 1. The molecule has 3 aromatic rings. The lowest BCUT2D eigenvalue weighted by Crippen LogP contribution is -2.30. The van der Waals surface area contributed by atoms with Crippen LogP contribution in [0.2, 0.25) is 0 Å². The minimum atomic E-state index is -0.553. The van der Waals surface area contributed by atoms with Crippen LogP contribution in [0.25, 0.3) is 22.4 Å². The molecule has 0 aliphatic heterocycles. The van der Waals surface area contributed by atoms with Gasteiger partial charge in [0, 0.05) is 12.6 Å². The first-order valence-electron chi connectivity index (χ1n) is 9.42. The lowest BCUT2D eigenvalue weighted by atomic mass is 9.95. The fourth-order valence-corrected chi connectivity index (χ4v) is 3.79. The van der Waals surface area contributed by atoms with Gasteiger partial charge in [0.1, 0.15) is 17.2 Å².